The Labute approximate surface area is 95.1 Å². The summed E-state index contributed by atoms with van der Waals surface area (Å²) in [7, 11) is 0. The van der Waals surface area contributed by atoms with Gasteiger partial charge < -0.3 is 5.73 Å². The van der Waals surface area contributed by atoms with Crippen LogP contribution in [0.15, 0.2) is 12.1 Å². The normalized spacial score (nSPS) is 11.1. The van der Waals surface area contributed by atoms with Crippen LogP contribution in [0, 0.1) is 18.6 Å². The molecule has 0 aliphatic carbocycles. The lowest BCUT2D eigenvalue weighted by atomic mass is 10.1. The largest absolute Gasteiger partial charge is 0.329 e. The van der Waals surface area contributed by atoms with Gasteiger partial charge in [-0.1, -0.05) is 13.0 Å². The second-order valence-electron chi connectivity index (χ2n) is 3.81. The molecule has 1 aromatic rings. The molecule has 0 heterocycles. The van der Waals surface area contributed by atoms with Crippen LogP contribution >= 0.6 is 0 Å². The van der Waals surface area contributed by atoms with Gasteiger partial charge in [-0.25, -0.2) is 8.78 Å². The van der Waals surface area contributed by atoms with E-state index in [9.17, 15) is 8.78 Å². The van der Waals surface area contributed by atoms with Gasteiger partial charge in [-0.05, 0) is 25.1 Å². The van der Waals surface area contributed by atoms with E-state index in [0.717, 1.165) is 6.54 Å². The lowest BCUT2D eigenvalue weighted by Crippen LogP contribution is -2.29. The van der Waals surface area contributed by atoms with Crippen molar-refractivity contribution in [2.45, 2.75) is 20.4 Å². The van der Waals surface area contributed by atoms with Gasteiger partial charge >= 0.3 is 0 Å². The van der Waals surface area contributed by atoms with Crippen LogP contribution in [0.25, 0.3) is 0 Å². The average Bonchev–Trinajstić information content (AvgIpc) is 2.28. The minimum Gasteiger partial charge on any atom is -0.329 e. The molecule has 0 bridgehead atoms. The zero-order valence-corrected chi connectivity index (χ0v) is 9.76. The monoisotopic (exact) mass is 228 g/mol. The van der Waals surface area contributed by atoms with Crippen molar-refractivity contribution < 1.29 is 8.78 Å². The highest BCUT2D eigenvalue weighted by molar-refractivity contribution is 5.26. The fourth-order valence-corrected chi connectivity index (χ4v) is 1.61. The van der Waals surface area contributed by atoms with Crippen LogP contribution in [0.4, 0.5) is 8.78 Å². The summed E-state index contributed by atoms with van der Waals surface area (Å²) in [6, 6.07) is 2.76. The Morgan fingerprint density at radius 1 is 1.31 bits per heavy atom. The van der Waals surface area contributed by atoms with E-state index < -0.39 is 11.6 Å². The molecule has 2 nitrogen and oxygen atoms in total. The quantitative estimate of drug-likeness (QED) is 0.835. The molecular formula is C12H18F2N2. The molecule has 16 heavy (non-hydrogen) atoms. The molecule has 90 valence electrons. The highest BCUT2D eigenvalue weighted by Gasteiger charge is 2.14. The first-order chi connectivity index (χ1) is 7.60. The Morgan fingerprint density at radius 2 is 2.00 bits per heavy atom. The number of nitrogens with two attached hydrogens (primary N) is 1. The zero-order chi connectivity index (χ0) is 12.1. The van der Waals surface area contributed by atoms with E-state index in [0.29, 0.717) is 18.7 Å². The molecule has 0 atom stereocenters. The number of nitrogens with zero attached hydrogens (tertiary/aromatic N) is 1. The van der Waals surface area contributed by atoms with Gasteiger partial charge in [-0.15, -0.1) is 0 Å². The molecule has 0 unspecified atom stereocenters. The smallest absolute Gasteiger partial charge is 0.133 e. The summed E-state index contributed by atoms with van der Waals surface area (Å²) >= 11 is 0. The van der Waals surface area contributed by atoms with Crippen molar-refractivity contribution >= 4 is 0 Å². The Morgan fingerprint density at radius 3 is 2.56 bits per heavy atom. The van der Waals surface area contributed by atoms with Crippen molar-refractivity contribution in [3.63, 3.8) is 0 Å². The summed E-state index contributed by atoms with van der Waals surface area (Å²) in [6.45, 7) is 5.71. The van der Waals surface area contributed by atoms with E-state index in [4.69, 9.17) is 5.73 Å². The molecule has 0 radical (unpaired) electrons. The summed E-state index contributed by atoms with van der Waals surface area (Å²) in [5.41, 5.74) is 6.04. The standard InChI is InChI=1S/C12H18F2N2/c1-3-16(7-6-15)8-10-11(13)5-4-9(2)12(10)14/h4-5H,3,6-8,15H2,1-2H3. The second kappa shape index (κ2) is 5.92. The lowest BCUT2D eigenvalue weighted by Gasteiger charge is -2.20. The van der Waals surface area contributed by atoms with Crippen LogP contribution in [0.1, 0.15) is 18.1 Å². The maximum Gasteiger partial charge on any atom is 0.133 e. The molecule has 0 fully saturated rings. The highest BCUT2D eigenvalue weighted by atomic mass is 19.1. The predicted molar refractivity (Wildman–Crippen MR) is 61.1 cm³/mol. The Kier molecular flexibility index (Phi) is 4.83. The van der Waals surface area contributed by atoms with Crippen LogP contribution in [-0.2, 0) is 6.54 Å². The van der Waals surface area contributed by atoms with Crippen LogP contribution in [0.3, 0.4) is 0 Å². The zero-order valence-electron chi connectivity index (χ0n) is 9.76. The maximum absolute atomic E-state index is 13.7. The summed E-state index contributed by atoms with van der Waals surface area (Å²) in [4.78, 5) is 1.92. The molecule has 1 aromatic carbocycles. The van der Waals surface area contributed by atoms with Gasteiger partial charge in [-0.3, -0.25) is 4.90 Å². The molecule has 1 rings (SSSR count). The fraction of sp³-hybridized carbons (Fsp3) is 0.500. The van der Waals surface area contributed by atoms with Crippen LogP contribution < -0.4 is 5.73 Å². The molecule has 0 saturated heterocycles. The minimum atomic E-state index is -0.487. The average molecular weight is 228 g/mol. The topological polar surface area (TPSA) is 29.3 Å². The Balaban J connectivity index is 2.90. The van der Waals surface area contributed by atoms with E-state index in [1.54, 1.807) is 6.92 Å². The van der Waals surface area contributed by atoms with E-state index in [1.165, 1.54) is 12.1 Å². The highest BCUT2D eigenvalue weighted by Crippen LogP contribution is 2.17. The summed E-state index contributed by atoms with van der Waals surface area (Å²) in [5, 5.41) is 0. The van der Waals surface area contributed by atoms with Gasteiger partial charge in [0.25, 0.3) is 0 Å². The predicted octanol–water partition coefficient (Wildman–Crippen LogP) is 2.05. The number of hydrogen-bond acceptors (Lipinski definition) is 2. The minimum absolute atomic E-state index is 0.135. The summed E-state index contributed by atoms with van der Waals surface area (Å²) in [6.07, 6.45) is 0. The number of benzene rings is 1. The second-order valence-corrected chi connectivity index (χ2v) is 3.81. The molecular weight excluding hydrogens is 210 g/mol. The lowest BCUT2D eigenvalue weighted by molar-refractivity contribution is 0.278. The van der Waals surface area contributed by atoms with Crippen molar-refractivity contribution in [3.8, 4) is 0 Å². The first-order valence-electron chi connectivity index (χ1n) is 5.46. The van der Waals surface area contributed by atoms with Crippen LogP contribution in [0.5, 0.6) is 0 Å². The number of hydrogen-bond donors (Lipinski definition) is 1. The fourth-order valence-electron chi connectivity index (χ4n) is 1.61. The van der Waals surface area contributed by atoms with Crippen molar-refractivity contribution in [1.82, 2.24) is 4.90 Å². The molecule has 0 aliphatic heterocycles. The molecule has 0 aromatic heterocycles. The van der Waals surface area contributed by atoms with Gasteiger partial charge in [0.15, 0.2) is 0 Å². The third-order valence-electron chi connectivity index (χ3n) is 2.65. The molecule has 0 amide bonds. The van der Waals surface area contributed by atoms with Crippen LogP contribution in [-0.4, -0.2) is 24.5 Å². The molecule has 4 heteroatoms. The van der Waals surface area contributed by atoms with Crippen molar-refractivity contribution in [1.29, 1.82) is 0 Å². The van der Waals surface area contributed by atoms with Crippen molar-refractivity contribution in [2.75, 3.05) is 19.6 Å². The van der Waals surface area contributed by atoms with E-state index in [1.807, 2.05) is 11.8 Å². The van der Waals surface area contributed by atoms with Crippen molar-refractivity contribution in [2.24, 2.45) is 5.73 Å². The first-order valence-corrected chi connectivity index (χ1v) is 5.46. The van der Waals surface area contributed by atoms with Gasteiger partial charge in [0, 0.05) is 25.2 Å². The number of rotatable bonds is 5. The van der Waals surface area contributed by atoms with Crippen molar-refractivity contribution in [3.05, 3.63) is 34.9 Å². The Bertz CT molecular complexity index is 353. The van der Waals surface area contributed by atoms with Crippen LogP contribution in [0.2, 0.25) is 0 Å². The van der Waals surface area contributed by atoms with E-state index in [-0.39, 0.29) is 12.1 Å². The van der Waals surface area contributed by atoms with E-state index >= 15 is 0 Å². The maximum atomic E-state index is 13.7. The Hall–Kier alpha value is -1.00. The number of halogens is 2. The summed E-state index contributed by atoms with van der Waals surface area (Å²) < 4.78 is 27.2. The third-order valence-corrected chi connectivity index (χ3v) is 2.65. The van der Waals surface area contributed by atoms with Gasteiger partial charge in [0.2, 0.25) is 0 Å². The van der Waals surface area contributed by atoms with Gasteiger partial charge in [-0.2, -0.15) is 0 Å². The summed E-state index contributed by atoms with van der Waals surface area (Å²) in [5.74, 6) is -0.936. The first kappa shape index (κ1) is 13.1. The number of likely N-dealkylation sites (N-methyl/N-ethyl adjacent to an activating group) is 1. The molecule has 0 aliphatic rings. The molecule has 2 N–H and O–H groups in total. The SMILES string of the molecule is CCN(CCN)Cc1c(F)ccc(C)c1F. The molecule has 0 spiro atoms. The molecule has 0 saturated carbocycles. The number of aryl methyl sites for hydroxylation is 1. The van der Waals surface area contributed by atoms with Gasteiger partial charge in [0.1, 0.15) is 11.6 Å². The van der Waals surface area contributed by atoms with E-state index in [2.05, 4.69) is 0 Å². The third kappa shape index (κ3) is 3.00. The van der Waals surface area contributed by atoms with Gasteiger partial charge in [0.05, 0.1) is 0 Å².